The molecule has 2 aromatic heterocycles. The Morgan fingerprint density at radius 3 is 2.89 bits per heavy atom. The summed E-state index contributed by atoms with van der Waals surface area (Å²) in [6.45, 7) is 0. The van der Waals surface area contributed by atoms with Crippen molar-refractivity contribution < 1.29 is 0 Å². The van der Waals surface area contributed by atoms with Gasteiger partial charge >= 0.3 is 0 Å². The van der Waals surface area contributed by atoms with Gasteiger partial charge in [-0.1, -0.05) is 11.6 Å². The van der Waals surface area contributed by atoms with Gasteiger partial charge in [-0.2, -0.15) is 5.26 Å². The van der Waals surface area contributed by atoms with Crippen LogP contribution in [-0.4, -0.2) is 9.97 Å². The largest absolute Gasteiger partial charge is 0.248 e. The molecule has 0 aliphatic carbocycles. The standard InChI is InChI=1S/C13H5BrClN3S/c14-12-11-10(1-2-17-12)18-13(19-11)8-3-7(6-16)4-9(15)5-8/h1-5H. The number of hydrogen-bond donors (Lipinski definition) is 0. The molecule has 0 radical (unpaired) electrons. The van der Waals surface area contributed by atoms with Crippen molar-refractivity contribution in [3.63, 3.8) is 0 Å². The van der Waals surface area contributed by atoms with Gasteiger partial charge in [0.2, 0.25) is 0 Å². The summed E-state index contributed by atoms with van der Waals surface area (Å²) in [4.78, 5) is 8.72. The Balaban J connectivity index is 2.22. The van der Waals surface area contributed by atoms with Crippen LogP contribution >= 0.6 is 38.9 Å². The maximum absolute atomic E-state index is 8.97. The summed E-state index contributed by atoms with van der Waals surface area (Å²) in [6, 6.07) is 9.18. The van der Waals surface area contributed by atoms with Crippen LogP contribution in [0.3, 0.4) is 0 Å². The van der Waals surface area contributed by atoms with Gasteiger partial charge in [0.25, 0.3) is 0 Å². The molecule has 0 bridgehead atoms. The van der Waals surface area contributed by atoms with Crippen molar-refractivity contribution in [1.29, 1.82) is 5.26 Å². The third kappa shape index (κ3) is 2.35. The van der Waals surface area contributed by atoms with E-state index in [1.165, 1.54) is 11.3 Å². The summed E-state index contributed by atoms with van der Waals surface area (Å²) in [5, 5.41) is 10.3. The average Bonchev–Trinajstić information content (AvgIpc) is 2.83. The fourth-order valence-corrected chi connectivity index (χ4v) is 3.45. The minimum atomic E-state index is 0.527. The quantitative estimate of drug-likeness (QED) is 0.600. The molecule has 0 atom stereocenters. The van der Waals surface area contributed by atoms with Gasteiger partial charge in [-0.15, -0.1) is 11.3 Å². The monoisotopic (exact) mass is 349 g/mol. The van der Waals surface area contributed by atoms with Crippen LogP contribution in [-0.2, 0) is 0 Å². The molecule has 0 saturated carbocycles. The molecule has 0 unspecified atom stereocenters. The normalized spacial score (nSPS) is 10.6. The van der Waals surface area contributed by atoms with Crippen molar-refractivity contribution in [3.05, 3.63) is 45.7 Å². The summed E-state index contributed by atoms with van der Waals surface area (Å²) >= 11 is 10.9. The fraction of sp³-hybridized carbons (Fsp3) is 0. The van der Waals surface area contributed by atoms with E-state index < -0.39 is 0 Å². The van der Waals surface area contributed by atoms with Crippen molar-refractivity contribution in [2.24, 2.45) is 0 Å². The van der Waals surface area contributed by atoms with E-state index in [9.17, 15) is 0 Å². The van der Waals surface area contributed by atoms with Gasteiger partial charge in [-0.3, -0.25) is 0 Å². The van der Waals surface area contributed by atoms with Crippen molar-refractivity contribution >= 4 is 49.1 Å². The molecule has 92 valence electrons. The topological polar surface area (TPSA) is 49.6 Å². The van der Waals surface area contributed by atoms with Crippen molar-refractivity contribution in [3.8, 4) is 16.6 Å². The zero-order valence-electron chi connectivity index (χ0n) is 9.39. The first kappa shape index (κ1) is 12.5. The Labute approximate surface area is 126 Å². The Kier molecular flexibility index (Phi) is 3.23. The molecule has 0 fully saturated rings. The van der Waals surface area contributed by atoms with Crippen molar-refractivity contribution in [2.75, 3.05) is 0 Å². The number of pyridine rings is 1. The average molecular weight is 351 g/mol. The number of thiazole rings is 1. The van der Waals surface area contributed by atoms with E-state index in [0.717, 1.165) is 25.4 Å². The van der Waals surface area contributed by atoms with Gasteiger partial charge in [-0.25, -0.2) is 9.97 Å². The van der Waals surface area contributed by atoms with E-state index in [1.807, 2.05) is 6.07 Å². The van der Waals surface area contributed by atoms with E-state index in [0.29, 0.717) is 10.6 Å². The second kappa shape index (κ2) is 4.89. The zero-order valence-corrected chi connectivity index (χ0v) is 12.6. The van der Waals surface area contributed by atoms with E-state index in [1.54, 1.807) is 24.4 Å². The maximum Gasteiger partial charge on any atom is 0.125 e. The van der Waals surface area contributed by atoms with Crippen LogP contribution in [0.15, 0.2) is 35.1 Å². The number of nitriles is 1. The summed E-state index contributed by atoms with van der Waals surface area (Å²) in [5.41, 5.74) is 2.25. The molecule has 3 rings (SSSR count). The number of halogens is 2. The molecule has 0 aliphatic rings. The summed E-state index contributed by atoms with van der Waals surface area (Å²) in [5.74, 6) is 0. The van der Waals surface area contributed by atoms with Gasteiger partial charge in [0.1, 0.15) is 9.61 Å². The first-order valence-electron chi connectivity index (χ1n) is 5.29. The van der Waals surface area contributed by atoms with Crippen molar-refractivity contribution in [1.82, 2.24) is 9.97 Å². The van der Waals surface area contributed by atoms with Crippen LogP contribution in [0.5, 0.6) is 0 Å². The molecule has 19 heavy (non-hydrogen) atoms. The van der Waals surface area contributed by atoms with Crippen LogP contribution in [0, 0.1) is 11.3 Å². The highest BCUT2D eigenvalue weighted by molar-refractivity contribution is 9.10. The highest BCUT2D eigenvalue weighted by Gasteiger charge is 2.10. The summed E-state index contributed by atoms with van der Waals surface area (Å²) in [6.07, 6.45) is 1.70. The first-order chi connectivity index (χ1) is 9.17. The molecule has 3 nitrogen and oxygen atoms in total. The lowest BCUT2D eigenvalue weighted by atomic mass is 10.1. The number of rotatable bonds is 1. The van der Waals surface area contributed by atoms with E-state index in [2.05, 4.69) is 32.0 Å². The Morgan fingerprint density at radius 1 is 1.32 bits per heavy atom. The van der Waals surface area contributed by atoms with Gasteiger partial charge in [-0.05, 0) is 40.2 Å². The molecular weight excluding hydrogens is 346 g/mol. The molecule has 0 N–H and O–H groups in total. The molecular formula is C13H5BrClN3S. The van der Waals surface area contributed by atoms with Gasteiger partial charge < -0.3 is 0 Å². The number of fused-ring (bicyclic) bond motifs is 1. The lowest BCUT2D eigenvalue weighted by Crippen LogP contribution is -1.80. The smallest absolute Gasteiger partial charge is 0.125 e. The Bertz CT molecular complexity index is 822. The fourth-order valence-electron chi connectivity index (χ4n) is 1.73. The second-order valence-corrected chi connectivity index (χ2v) is 6.00. The van der Waals surface area contributed by atoms with Crippen LogP contribution in [0.25, 0.3) is 20.8 Å². The summed E-state index contributed by atoms with van der Waals surface area (Å²) < 4.78 is 1.76. The third-order valence-electron chi connectivity index (χ3n) is 2.53. The minimum Gasteiger partial charge on any atom is -0.248 e. The van der Waals surface area contributed by atoms with Crippen LogP contribution in [0.4, 0.5) is 0 Å². The van der Waals surface area contributed by atoms with E-state index in [4.69, 9.17) is 16.9 Å². The Morgan fingerprint density at radius 2 is 2.16 bits per heavy atom. The molecule has 2 heterocycles. The number of aromatic nitrogens is 2. The highest BCUT2D eigenvalue weighted by Crippen LogP contribution is 2.34. The van der Waals surface area contributed by atoms with Crippen LogP contribution in [0.1, 0.15) is 5.56 Å². The second-order valence-electron chi connectivity index (χ2n) is 3.81. The molecule has 1 aromatic carbocycles. The molecule has 0 saturated heterocycles. The van der Waals surface area contributed by atoms with Crippen LogP contribution < -0.4 is 0 Å². The minimum absolute atomic E-state index is 0.527. The molecule has 0 amide bonds. The molecule has 0 spiro atoms. The molecule has 3 aromatic rings. The molecule has 6 heteroatoms. The van der Waals surface area contributed by atoms with E-state index in [-0.39, 0.29) is 0 Å². The zero-order chi connectivity index (χ0) is 13.4. The molecule has 0 aliphatic heterocycles. The van der Waals surface area contributed by atoms with E-state index >= 15 is 0 Å². The summed E-state index contributed by atoms with van der Waals surface area (Å²) in [7, 11) is 0. The highest BCUT2D eigenvalue weighted by atomic mass is 79.9. The predicted octanol–water partition coefficient (Wildman–Crippen LogP) is 4.65. The van der Waals surface area contributed by atoms with Gasteiger partial charge in [0.05, 0.1) is 21.8 Å². The number of nitrogens with zero attached hydrogens (tertiary/aromatic N) is 3. The van der Waals surface area contributed by atoms with Crippen molar-refractivity contribution in [2.45, 2.75) is 0 Å². The SMILES string of the molecule is N#Cc1cc(Cl)cc(-c2nc3ccnc(Br)c3s2)c1. The van der Waals surface area contributed by atoms with Crippen LogP contribution in [0.2, 0.25) is 5.02 Å². The maximum atomic E-state index is 8.97. The lowest BCUT2D eigenvalue weighted by molar-refractivity contribution is 1.31. The predicted molar refractivity (Wildman–Crippen MR) is 80.3 cm³/mol. The van der Waals surface area contributed by atoms with Gasteiger partial charge in [0.15, 0.2) is 0 Å². The number of hydrogen-bond acceptors (Lipinski definition) is 4. The first-order valence-corrected chi connectivity index (χ1v) is 7.28. The lowest BCUT2D eigenvalue weighted by Gasteiger charge is -1.98. The third-order valence-corrected chi connectivity index (χ3v) is 4.74. The number of benzene rings is 1. The van der Waals surface area contributed by atoms with Gasteiger partial charge in [0, 0.05) is 16.8 Å². The Hall–Kier alpha value is -1.48.